The maximum absolute atomic E-state index is 14.9. The average Bonchev–Trinajstić information content (AvgIpc) is 2.72. The second-order valence-corrected chi connectivity index (χ2v) is 8.61. The summed E-state index contributed by atoms with van der Waals surface area (Å²) in [6.45, 7) is 1.66. The highest BCUT2D eigenvalue weighted by Gasteiger charge is 2.54. The van der Waals surface area contributed by atoms with E-state index in [1.54, 1.807) is 26.1 Å². The van der Waals surface area contributed by atoms with E-state index >= 15 is 0 Å². The molecule has 29 heavy (non-hydrogen) atoms. The molecule has 1 N–H and O–H groups in total. The van der Waals surface area contributed by atoms with Gasteiger partial charge in [-0.2, -0.15) is 14.0 Å². The summed E-state index contributed by atoms with van der Waals surface area (Å²) < 4.78 is 55.0. The quantitative estimate of drug-likeness (QED) is 0.734. The van der Waals surface area contributed by atoms with Gasteiger partial charge < -0.3 is 10.2 Å². The molecule has 0 radical (unpaired) electrons. The molecule has 0 aromatic heterocycles. The Kier molecular flexibility index (Phi) is 7.08. The fraction of sp³-hybridized carbons (Fsp3) is 0.421. The van der Waals surface area contributed by atoms with E-state index in [9.17, 15) is 22.0 Å². The van der Waals surface area contributed by atoms with Crippen LogP contribution in [-0.4, -0.2) is 51.0 Å². The van der Waals surface area contributed by atoms with Crippen LogP contribution in [0.15, 0.2) is 45.9 Å². The molecule has 1 aromatic carbocycles. The Labute approximate surface area is 168 Å². The number of rotatable bonds is 5. The number of hydrogen-bond acceptors (Lipinski definition) is 5. The van der Waals surface area contributed by atoms with Gasteiger partial charge in [-0.3, -0.25) is 4.99 Å². The minimum atomic E-state index is -5.05. The number of urea groups is 1. The number of aliphatic imine (C=N–C) groups is 1. The van der Waals surface area contributed by atoms with E-state index in [-0.39, 0.29) is 31.5 Å². The zero-order valence-electron chi connectivity index (χ0n) is 16.1. The fourth-order valence-corrected chi connectivity index (χ4v) is 4.68. The van der Waals surface area contributed by atoms with E-state index in [2.05, 4.69) is 10.3 Å². The van der Waals surface area contributed by atoms with Crippen LogP contribution in [0.1, 0.15) is 25.3 Å². The molecule has 1 aliphatic rings. The summed E-state index contributed by atoms with van der Waals surface area (Å²) in [6, 6.07) is 6.12. The number of halogens is 2. The Morgan fingerprint density at radius 2 is 1.97 bits per heavy atom. The lowest BCUT2D eigenvalue weighted by Crippen LogP contribution is -2.48. The summed E-state index contributed by atoms with van der Waals surface area (Å²) in [7, 11) is -3.46. The van der Waals surface area contributed by atoms with Crippen LogP contribution in [-0.2, 0) is 9.84 Å². The van der Waals surface area contributed by atoms with Gasteiger partial charge in [0.05, 0.1) is 10.5 Å². The summed E-state index contributed by atoms with van der Waals surface area (Å²) in [5.41, 5.74) is 0.227. The Morgan fingerprint density at radius 3 is 2.55 bits per heavy atom. The fourth-order valence-electron chi connectivity index (χ4n) is 3.05. The molecule has 1 fully saturated rings. The number of hydrogen-bond donors (Lipinski definition) is 1. The summed E-state index contributed by atoms with van der Waals surface area (Å²) in [5.74, 6) is -1.45. The van der Waals surface area contributed by atoms with Crippen LogP contribution in [0.2, 0.25) is 0 Å². The van der Waals surface area contributed by atoms with Gasteiger partial charge in [0.1, 0.15) is 6.07 Å². The first-order valence-electron chi connectivity index (χ1n) is 8.91. The van der Waals surface area contributed by atoms with Crippen molar-refractivity contribution in [1.82, 2.24) is 10.2 Å². The van der Waals surface area contributed by atoms with Gasteiger partial charge in [-0.25, -0.2) is 13.2 Å². The molecular formula is C19H22F2N4O3S. The second kappa shape index (κ2) is 9.13. The minimum absolute atomic E-state index is 0.00332. The van der Waals surface area contributed by atoms with E-state index in [0.717, 1.165) is 6.07 Å². The van der Waals surface area contributed by atoms with Crippen LogP contribution in [0.3, 0.4) is 0 Å². The zero-order chi connectivity index (χ0) is 21.7. The third-order valence-electron chi connectivity index (χ3n) is 4.69. The van der Waals surface area contributed by atoms with E-state index < -0.39 is 31.9 Å². The van der Waals surface area contributed by atoms with E-state index in [4.69, 9.17) is 5.26 Å². The molecule has 1 aliphatic heterocycles. The van der Waals surface area contributed by atoms with Crippen LogP contribution in [0.25, 0.3) is 0 Å². The molecule has 0 bridgehead atoms. The van der Waals surface area contributed by atoms with Crippen molar-refractivity contribution in [3.63, 3.8) is 0 Å². The van der Waals surface area contributed by atoms with Crippen molar-refractivity contribution < 1.29 is 22.0 Å². The minimum Gasteiger partial charge on any atom is -0.325 e. The van der Waals surface area contributed by atoms with Gasteiger partial charge in [0.2, 0.25) is 9.84 Å². The molecular weight excluding hydrogens is 402 g/mol. The van der Waals surface area contributed by atoms with E-state index in [1.165, 1.54) is 29.3 Å². The summed E-state index contributed by atoms with van der Waals surface area (Å²) in [4.78, 5) is 16.7. The average molecular weight is 424 g/mol. The van der Waals surface area contributed by atoms with Crippen LogP contribution in [0.5, 0.6) is 0 Å². The van der Waals surface area contributed by atoms with Crippen molar-refractivity contribution in [2.45, 2.75) is 29.9 Å². The molecule has 0 spiro atoms. The highest BCUT2D eigenvalue weighted by Crippen LogP contribution is 2.41. The van der Waals surface area contributed by atoms with Gasteiger partial charge in [-0.1, -0.05) is 12.1 Å². The smallest absolute Gasteiger partial charge is 0.325 e. The van der Waals surface area contributed by atoms with Crippen LogP contribution in [0, 0.1) is 17.2 Å². The highest BCUT2D eigenvalue weighted by atomic mass is 32.2. The Balaban J connectivity index is 2.11. The van der Waals surface area contributed by atoms with Gasteiger partial charge in [0, 0.05) is 38.0 Å². The number of benzene rings is 1. The predicted octanol–water partition coefficient (Wildman–Crippen LogP) is 2.95. The summed E-state index contributed by atoms with van der Waals surface area (Å²) in [6.07, 6.45) is 2.76. The Morgan fingerprint density at radius 1 is 1.34 bits per heavy atom. The predicted molar refractivity (Wildman–Crippen MR) is 104 cm³/mol. The van der Waals surface area contributed by atoms with Gasteiger partial charge in [0.25, 0.3) is 0 Å². The lowest BCUT2D eigenvalue weighted by atomic mass is 9.97. The van der Waals surface area contributed by atoms with Gasteiger partial charge in [-0.15, -0.1) is 0 Å². The molecule has 1 saturated heterocycles. The number of alkyl halides is 2. The van der Waals surface area contributed by atoms with E-state index in [0.29, 0.717) is 5.70 Å². The van der Waals surface area contributed by atoms with Crippen LogP contribution in [0.4, 0.5) is 13.6 Å². The molecule has 10 heteroatoms. The molecule has 0 saturated carbocycles. The standard InChI is InChI=1S/C19H22F2N4O3S/c1-14(7-10-23-2)24-18(26)25-11-8-16(9-12-25)19(20,21)29(27,28)17-6-4-3-5-15(17)13-22/h3-7,10,16H,8-9,11-12H2,1-2H3,(H,24,26)/b14-7+,23-10?. The number of piperidine rings is 1. The summed E-state index contributed by atoms with van der Waals surface area (Å²) in [5, 5.41) is 7.63. The van der Waals surface area contributed by atoms with Crippen molar-refractivity contribution >= 4 is 22.1 Å². The number of carbonyl (C=O) groups is 1. The molecule has 156 valence electrons. The number of nitriles is 1. The van der Waals surface area contributed by atoms with Crippen LogP contribution >= 0.6 is 0 Å². The third kappa shape index (κ3) is 4.79. The molecule has 2 rings (SSSR count). The molecule has 1 aromatic rings. The van der Waals surface area contributed by atoms with Crippen molar-refractivity contribution in [2.75, 3.05) is 20.1 Å². The SMILES string of the molecule is CN=C/C=C(\C)NC(=O)N1CCC(C(F)(F)S(=O)(=O)c2ccccc2C#N)CC1. The first-order chi connectivity index (χ1) is 13.6. The second-order valence-electron chi connectivity index (χ2n) is 6.62. The number of likely N-dealkylation sites (tertiary alicyclic amines) is 1. The van der Waals surface area contributed by atoms with E-state index in [1.807, 2.05) is 0 Å². The lowest BCUT2D eigenvalue weighted by Gasteiger charge is -2.35. The largest absolute Gasteiger partial charge is 0.352 e. The maximum atomic E-state index is 14.9. The molecule has 1 heterocycles. The van der Waals surface area contributed by atoms with Gasteiger partial charge in [0.15, 0.2) is 0 Å². The number of allylic oxidation sites excluding steroid dienone is 2. The Hall–Kier alpha value is -2.80. The van der Waals surface area contributed by atoms with Gasteiger partial charge >= 0.3 is 11.3 Å². The topological polar surface area (TPSA) is 103 Å². The number of nitrogens with one attached hydrogen (secondary N) is 1. The first-order valence-corrected chi connectivity index (χ1v) is 10.4. The maximum Gasteiger partial charge on any atom is 0.352 e. The van der Waals surface area contributed by atoms with Crippen LogP contribution < -0.4 is 5.32 Å². The molecule has 7 nitrogen and oxygen atoms in total. The van der Waals surface area contributed by atoms with Crippen molar-refractivity contribution in [1.29, 1.82) is 5.26 Å². The highest BCUT2D eigenvalue weighted by molar-refractivity contribution is 7.92. The number of amides is 2. The number of nitrogens with zero attached hydrogens (tertiary/aromatic N) is 3. The third-order valence-corrected chi connectivity index (χ3v) is 6.68. The monoisotopic (exact) mass is 424 g/mol. The number of carbonyl (C=O) groups excluding carboxylic acids is 1. The summed E-state index contributed by atoms with van der Waals surface area (Å²) >= 11 is 0. The molecule has 2 amide bonds. The molecule has 0 unspecified atom stereocenters. The zero-order valence-corrected chi connectivity index (χ0v) is 16.9. The van der Waals surface area contributed by atoms with Crippen molar-refractivity contribution in [3.8, 4) is 6.07 Å². The molecule has 0 aliphatic carbocycles. The molecule has 0 atom stereocenters. The normalized spacial score (nSPS) is 16.7. The van der Waals surface area contributed by atoms with Gasteiger partial charge in [-0.05, 0) is 38.0 Å². The van der Waals surface area contributed by atoms with Crippen molar-refractivity contribution in [3.05, 3.63) is 41.6 Å². The van der Waals surface area contributed by atoms with Crippen molar-refractivity contribution in [2.24, 2.45) is 10.9 Å². The first kappa shape index (κ1) is 22.5. The number of sulfone groups is 1. The lowest BCUT2D eigenvalue weighted by molar-refractivity contribution is -0.000175. The Bertz CT molecular complexity index is 960.